The molecule has 72 valence electrons. The first kappa shape index (κ1) is 10.2. The molecule has 0 aliphatic heterocycles. The fourth-order valence-corrected chi connectivity index (χ4v) is 1.54. The van der Waals surface area contributed by atoms with Gasteiger partial charge < -0.3 is 0 Å². The van der Waals surface area contributed by atoms with Crippen LogP contribution in [0.2, 0.25) is 0 Å². The highest BCUT2D eigenvalue weighted by Crippen LogP contribution is 2.23. The third-order valence-corrected chi connectivity index (χ3v) is 2.43. The van der Waals surface area contributed by atoms with E-state index in [9.17, 15) is 4.39 Å². The van der Waals surface area contributed by atoms with Gasteiger partial charge in [0.25, 0.3) is 0 Å². The van der Waals surface area contributed by atoms with Gasteiger partial charge in [-0.3, -0.25) is 0 Å². The van der Waals surface area contributed by atoms with Crippen molar-refractivity contribution >= 4 is 0 Å². The Morgan fingerprint density at radius 1 is 1.31 bits per heavy atom. The number of benzene rings is 1. The first-order chi connectivity index (χ1) is 6.25. The number of rotatable bonds is 4. The second kappa shape index (κ2) is 5.00. The Morgan fingerprint density at radius 3 is 2.62 bits per heavy atom. The van der Waals surface area contributed by atoms with Crippen LogP contribution < -0.4 is 0 Å². The molecule has 0 fully saturated rings. The van der Waals surface area contributed by atoms with Crippen molar-refractivity contribution in [2.24, 2.45) is 0 Å². The molecule has 0 saturated heterocycles. The van der Waals surface area contributed by atoms with Gasteiger partial charge in [-0.2, -0.15) is 0 Å². The predicted octanol–water partition coefficient (Wildman–Crippen LogP) is 4.12. The quantitative estimate of drug-likeness (QED) is 0.653. The summed E-state index contributed by atoms with van der Waals surface area (Å²) in [5.41, 5.74) is 0.857. The molecule has 0 aliphatic carbocycles. The molecule has 0 heterocycles. The summed E-state index contributed by atoms with van der Waals surface area (Å²) < 4.78 is 13.3. The van der Waals surface area contributed by atoms with Crippen LogP contribution in [-0.4, -0.2) is 0 Å². The van der Waals surface area contributed by atoms with E-state index in [2.05, 4.69) is 13.8 Å². The second-order valence-electron chi connectivity index (χ2n) is 3.56. The van der Waals surface area contributed by atoms with Gasteiger partial charge in [0.05, 0.1) is 0 Å². The standard InChI is InChI=1S/C12H17F/c1-3-4-7-10(2)11-8-5-6-9-12(11)13/h5-6,8-10H,3-4,7H2,1-2H3/t10-/m1/s1. The van der Waals surface area contributed by atoms with Crippen LogP contribution in [0.4, 0.5) is 4.39 Å². The summed E-state index contributed by atoms with van der Waals surface area (Å²) in [5, 5.41) is 0. The largest absolute Gasteiger partial charge is 0.207 e. The molecule has 1 aromatic carbocycles. The van der Waals surface area contributed by atoms with Gasteiger partial charge in [-0.25, -0.2) is 4.39 Å². The van der Waals surface area contributed by atoms with Crippen molar-refractivity contribution in [2.45, 2.75) is 39.0 Å². The lowest BCUT2D eigenvalue weighted by Gasteiger charge is -2.11. The van der Waals surface area contributed by atoms with Crippen molar-refractivity contribution in [1.29, 1.82) is 0 Å². The van der Waals surface area contributed by atoms with Crippen LogP contribution in [0.5, 0.6) is 0 Å². The van der Waals surface area contributed by atoms with E-state index in [4.69, 9.17) is 0 Å². The van der Waals surface area contributed by atoms with E-state index < -0.39 is 0 Å². The summed E-state index contributed by atoms with van der Waals surface area (Å²) in [6.07, 6.45) is 3.44. The summed E-state index contributed by atoms with van der Waals surface area (Å²) in [5.74, 6) is 0.284. The molecule has 13 heavy (non-hydrogen) atoms. The summed E-state index contributed by atoms with van der Waals surface area (Å²) in [6, 6.07) is 7.07. The fraction of sp³-hybridized carbons (Fsp3) is 0.500. The van der Waals surface area contributed by atoms with Crippen molar-refractivity contribution in [3.63, 3.8) is 0 Å². The molecule has 0 saturated carbocycles. The van der Waals surface area contributed by atoms with Crippen molar-refractivity contribution in [1.82, 2.24) is 0 Å². The molecule has 0 aromatic heterocycles. The van der Waals surface area contributed by atoms with Crippen LogP contribution in [0.15, 0.2) is 24.3 Å². The number of hydrogen-bond donors (Lipinski definition) is 0. The van der Waals surface area contributed by atoms with Crippen molar-refractivity contribution in [2.75, 3.05) is 0 Å². The first-order valence-electron chi connectivity index (χ1n) is 5.00. The zero-order valence-corrected chi connectivity index (χ0v) is 8.39. The normalized spacial score (nSPS) is 12.8. The van der Waals surface area contributed by atoms with Gasteiger partial charge in [0.1, 0.15) is 5.82 Å². The first-order valence-corrected chi connectivity index (χ1v) is 5.00. The SMILES string of the molecule is CCCC[C@@H](C)c1ccccc1F. The highest BCUT2D eigenvalue weighted by Gasteiger charge is 2.08. The molecule has 0 radical (unpaired) electrons. The van der Waals surface area contributed by atoms with Gasteiger partial charge in [0, 0.05) is 0 Å². The molecule has 0 spiro atoms. The minimum absolute atomic E-state index is 0.0638. The lowest BCUT2D eigenvalue weighted by Crippen LogP contribution is -1.96. The number of hydrogen-bond acceptors (Lipinski definition) is 0. The van der Waals surface area contributed by atoms with Crippen molar-refractivity contribution < 1.29 is 4.39 Å². The van der Waals surface area contributed by atoms with E-state index in [1.54, 1.807) is 6.07 Å². The Bertz CT molecular complexity index is 255. The molecule has 0 aliphatic rings. The Kier molecular flexibility index (Phi) is 3.94. The van der Waals surface area contributed by atoms with E-state index in [0.717, 1.165) is 12.0 Å². The summed E-state index contributed by atoms with van der Waals surface area (Å²) in [7, 11) is 0. The molecule has 1 aromatic rings. The molecule has 0 bridgehead atoms. The average molecular weight is 180 g/mol. The third-order valence-electron chi connectivity index (χ3n) is 2.43. The maximum atomic E-state index is 13.3. The highest BCUT2D eigenvalue weighted by atomic mass is 19.1. The smallest absolute Gasteiger partial charge is 0.126 e. The molecule has 1 atom stereocenters. The molecule has 1 heteroatoms. The lowest BCUT2D eigenvalue weighted by molar-refractivity contribution is 0.560. The van der Waals surface area contributed by atoms with Gasteiger partial charge in [-0.1, -0.05) is 44.9 Å². The zero-order chi connectivity index (χ0) is 9.68. The van der Waals surface area contributed by atoms with Gasteiger partial charge in [0.2, 0.25) is 0 Å². The van der Waals surface area contributed by atoms with Crippen molar-refractivity contribution in [3.05, 3.63) is 35.6 Å². The maximum absolute atomic E-state index is 13.3. The second-order valence-corrected chi connectivity index (χ2v) is 3.56. The molecular formula is C12H17F. The van der Waals surface area contributed by atoms with Crippen LogP contribution in [-0.2, 0) is 0 Å². The number of halogens is 1. The Hall–Kier alpha value is -0.850. The average Bonchev–Trinajstić information content (AvgIpc) is 2.15. The minimum Gasteiger partial charge on any atom is -0.207 e. The maximum Gasteiger partial charge on any atom is 0.126 e. The number of unbranched alkanes of at least 4 members (excludes halogenated alkanes) is 1. The van der Waals surface area contributed by atoms with Crippen LogP contribution in [0.3, 0.4) is 0 Å². The highest BCUT2D eigenvalue weighted by molar-refractivity contribution is 5.20. The zero-order valence-electron chi connectivity index (χ0n) is 8.39. The Morgan fingerprint density at radius 2 is 2.00 bits per heavy atom. The van der Waals surface area contributed by atoms with E-state index in [1.807, 2.05) is 12.1 Å². The lowest BCUT2D eigenvalue weighted by atomic mass is 9.95. The monoisotopic (exact) mass is 180 g/mol. The topological polar surface area (TPSA) is 0 Å². The van der Waals surface area contributed by atoms with Gasteiger partial charge in [-0.05, 0) is 24.0 Å². The van der Waals surface area contributed by atoms with Crippen LogP contribution in [0.1, 0.15) is 44.6 Å². The Balaban J connectivity index is 2.65. The van der Waals surface area contributed by atoms with Gasteiger partial charge in [-0.15, -0.1) is 0 Å². The van der Waals surface area contributed by atoms with E-state index in [1.165, 1.54) is 18.9 Å². The fourth-order valence-electron chi connectivity index (χ4n) is 1.54. The Labute approximate surface area is 79.8 Å². The summed E-state index contributed by atoms with van der Waals surface area (Å²) in [4.78, 5) is 0. The molecule has 0 N–H and O–H groups in total. The minimum atomic E-state index is -0.0638. The third kappa shape index (κ3) is 2.83. The van der Waals surface area contributed by atoms with Crippen LogP contribution in [0, 0.1) is 5.82 Å². The van der Waals surface area contributed by atoms with E-state index in [-0.39, 0.29) is 5.82 Å². The summed E-state index contributed by atoms with van der Waals surface area (Å²) >= 11 is 0. The van der Waals surface area contributed by atoms with Crippen LogP contribution in [0.25, 0.3) is 0 Å². The predicted molar refractivity (Wildman–Crippen MR) is 54.3 cm³/mol. The molecular weight excluding hydrogens is 163 g/mol. The summed E-state index contributed by atoms with van der Waals surface area (Å²) in [6.45, 7) is 4.25. The molecule has 1 rings (SSSR count). The van der Waals surface area contributed by atoms with Crippen molar-refractivity contribution in [3.8, 4) is 0 Å². The van der Waals surface area contributed by atoms with Gasteiger partial charge in [0.15, 0.2) is 0 Å². The van der Waals surface area contributed by atoms with E-state index in [0.29, 0.717) is 5.92 Å². The van der Waals surface area contributed by atoms with Gasteiger partial charge >= 0.3 is 0 Å². The molecule has 0 unspecified atom stereocenters. The molecule has 0 amide bonds. The van der Waals surface area contributed by atoms with E-state index >= 15 is 0 Å². The molecule has 0 nitrogen and oxygen atoms in total. The van der Waals surface area contributed by atoms with Crippen LogP contribution >= 0.6 is 0 Å².